The second-order valence-corrected chi connectivity index (χ2v) is 7.56. The number of quaternary nitrogens is 1. The van der Waals surface area contributed by atoms with Gasteiger partial charge in [0.1, 0.15) is 0 Å². The van der Waals surface area contributed by atoms with E-state index in [0.29, 0.717) is 18.5 Å². The molecule has 0 rings (SSSR count). The summed E-state index contributed by atoms with van der Waals surface area (Å²) in [6.45, 7) is 9.08. The number of rotatable bonds is 8. The van der Waals surface area contributed by atoms with Crippen LogP contribution in [-0.4, -0.2) is 56.3 Å². The summed E-state index contributed by atoms with van der Waals surface area (Å²) in [5.74, 6) is -0.483. The zero-order valence-electron chi connectivity index (χ0n) is 13.4. The maximum atomic E-state index is 11.5. The quantitative estimate of drug-likeness (QED) is 0.404. The Bertz CT molecular complexity index is 447. The zero-order chi connectivity index (χ0) is 16.1. The van der Waals surface area contributed by atoms with Gasteiger partial charge in [0.15, 0.2) is 0 Å². The molecule has 3 atom stereocenters. The van der Waals surface area contributed by atoms with Crippen LogP contribution in [0, 0.1) is 5.92 Å². The monoisotopic (exact) mass is 324 g/mol. The summed E-state index contributed by atoms with van der Waals surface area (Å²) in [7, 11) is -0.247. The van der Waals surface area contributed by atoms with Gasteiger partial charge in [-0.3, -0.25) is 9.35 Å². The average Bonchev–Trinajstić information content (AvgIpc) is 2.24. The lowest BCUT2D eigenvalue weighted by Gasteiger charge is -2.26. The third kappa shape index (κ3) is 8.82. The minimum absolute atomic E-state index is 0. The lowest BCUT2D eigenvalue weighted by atomic mass is 9.97. The predicted octanol–water partition coefficient (Wildman–Crippen LogP) is -0.682. The molecule has 0 aromatic carbocycles. The lowest BCUT2D eigenvalue weighted by Crippen LogP contribution is -3.06. The van der Waals surface area contributed by atoms with Gasteiger partial charge in [-0.15, -0.1) is 0 Å². The molecule has 1 amide bonds. The van der Waals surface area contributed by atoms with Crippen molar-refractivity contribution in [3.05, 3.63) is 12.2 Å². The molecule has 0 heterocycles. The number of carbonyl (C=O) groups is 1. The van der Waals surface area contributed by atoms with Crippen LogP contribution in [0.3, 0.4) is 0 Å². The standard InChI is InChI=1S/C13H26N2O4S.H2O/c1-9(2)13(16)14-10(3)7-12(8-15(5)6)11(4)20(17,18)19;/h10-12H,1,7-8H2,2-6H3,(H,14,16)(H,17,18,19);1H2. The van der Waals surface area contributed by atoms with Crippen LogP contribution < -0.4 is 10.2 Å². The van der Waals surface area contributed by atoms with E-state index in [2.05, 4.69) is 11.9 Å². The summed E-state index contributed by atoms with van der Waals surface area (Å²) in [5, 5.41) is 1.91. The topological polar surface area (TPSA) is 118 Å². The molecule has 0 saturated heterocycles. The molecule has 0 radical (unpaired) electrons. The van der Waals surface area contributed by atoms with Crippen molar-refractivity contribution < 1.29 is 28.1 Å². The number of nitrogens with one attached hydrogen (secondary N) is 2. The molecule has 7 nitrogen and oxygen atoms in total. The Labute approximate surface area is 127 Å². The third-order valence-corrected chi connectivity index (χ3v) is 4.55. The number of carbonyl (C=O) groups excluding carboxylic acids is 1. The van der Waals surface area contributed by atoms with Crippen molar-refractivity contribution in [2.24, 2.45) is 5.92 Å². The van der Waals surface area contributed by atoms with E-state index in [1.807, 2.05) is 21.0 Å². The number of amides is 1. The smallest absolute Gasteiger partial charge is 0.267 e. The van der Waals surface area contributed by atoms with Crippen molar-refractivity contribution in [2.75, 3.05) is 20.6 Å². The molecule has 0 fully saturated rings. The van der Waals surface area contributed by atoms with Crippen molar-refractivity contribution in [2.45, 2.75) is 38.5 Å². The van der Waals surface area contributed by atoms with Crippen LogP contribution >= 0.6 is 0 Å². The maximum absolute atomic E-state index is 11.5. The Morgan fingerprint density at radius 3 is 2.14 bits per heavy atom. The van der Waals surface area contributed by atoms with Crippen molar-refractivity contribution in [1.29, 1.82) is 0 Å². The average molecular weight is 324 g/mol. The molecule has 0 aliphatic heterocycles. The van der Waals surface area contributed by atoms with E-state index in [9.17, 15) is 17.8 Å². The van der Waals surface area contributed by atoms with Crippen molar-refractivity contribution >= 4 is 16.0 Å². The molecule has 3 unspecified atom stereocenters. The van der Waals surface area contributed by atoms with E-state index in [0.717, 1.165) is 4.90 Å². The molecular weight excluding hydrogens is 296 g/mol. The van der Waals surface area contributed by atoms with Crippen LogP contribution in [0.5, 0.6) is 0 Å². The summed E-state index contributed by atoms with van der Waals surface area (Å²) in [6.07, 6.45) is 0.477. The minimum atomic E-state index is -4.08. The highest BCUT2D eigenvalue weighted by molar-refractivity contribution is 7.86. The molecule has 0 saturated carbocycles. The zero-order valence-corrected chi connectivity index (χ0v) is 14.2. The predicted molar refractivity (Wildman–Crippen MR) is 81.1 cm³/mol. The minimum Gasteiger partial charge on any atom is -0.870 e. The highest BCUT2D eigenvalue weighted by atomic mass is 32.2. The second-order valence-electron chi connectivity index (χ2n) is 5.78. The van der Waals surface area contributed by atoms with Gasteiger partial charge < -0.3 is 15.7 Å². The van der Waals surface area contributed by atoms with E-state index in [4.69, 9.17) is 0 Å². The van der Waals surface area contributed by atoms with E-state index in [-0.39, 0.29) is 23.3 Å². The Kier molecular flexibility index (Phi) is 9.71. The first-order valence-corrected chi connectivity index (χ1v) is 8.17. The highest BCUT2D eigenvalue weighted by Crippen LogP contribution is 2.16. The first-order chi connectivity index (χ1) is 8.95. The normalized spacial score (nSPS) is 15.8. The van der Waals surface area contributed by atoms with Crippen molar-refractivity contribution in [1.82, 2.24) is 5.32 Å². The van der Waals surface area contributed by atoms with Gasteiger partial charge in [0.25, 0.3) is 10.1 Å². The Balaban J connectivity index is 0. The second kappa shape index (κ2) is 9.14. The van der Waals surface area contributed by atoms with E-state index >= 15 is 0 Å². The molecule has 0 aromatic rings. The van der Waals surface area contributed by atoms with Gasteiger partial charge in [0, 0.05) is 17.5 Å². The fourth-order valence-corrected chi connectivity index (χ4v) is 2.76. The van der Waals surface area contributed by atoms with Crippen LogP contribution in [0.4, 0.5) is 0 Å². The van der Waals surface area contributed by atoms with E-state index < -0.39 is 15.4 Å². The third-order valence-electron chi connectivity index (χ3n) is 3.23. The van der Waals surface area contributed by atoms with Crippen LogP contribution in [0.2, 0.25) is 0 Å². The first kappa shape index (κ1) is 22.3. The molecule has 0 spiro atoms. The van der Waals surface area contributed by atoms with Gasteiger partial charge in [-0.2, -0.15) is 8.42 Å². The van der Waals surface area contributed by atoms with Crippen LogP contribution in [0.15, 0.2) is 12.2 Å². The lowest BCUT2D eigenvalue weighted by molar-refractivity contribution is -0.862. The number of hydrogen-bond donors (Lipinski definition) is 3. The van der Waals surface area contributed by atoms with Gasteiger partial charge in [-0.25, -0.2) is 0 Å². The van der Waals surface area contributed by atoms with Gasteiger partial charge in [-0.1, -0.05) is 6.58 Å². The maximum Gasteiger partial charge on any atom is 0.267 e. The van der Waals surface area contributed by atoms with E-state index in [1.165, 1.54) is 6.92 Å². The van der Waals surface area contributed by atoms with Gasteiger partial charge >= 0.3 is 0 Å². The summed E-state index contributed by atoms with van der Waals surface area (Å²) >= 11 is 0. The van der Waals surface area contributed by atoms with Gasteiger partial charge in [0.2, 0.25) is 5.91 Å². The molecule has 21 heavy (non-hydrogen) atoms. The summed E-state index contributed by atoms with van der Waals surface area (Å²) in [5.41, 5.74) is 0.412. The first-order valence-electron chi connectivity index (χ1n) is 6.66. The Morgan fingerprint density at radius 2 is 1.81 bits per heavy atom. The Morgan fingerprint density at radius 1 is 1.33 bits per heavy atom. The fraction of sp³-hybridized carbons (Fsp3) is 0.769. The fourth-order valence-electron chi connectivity index (χ4n) is 2.07. The molecule has 4 N–H and O–H groups in total. The van der Waals surface area contributed by atoms with Crippen LogP contribution in [-0.2, 0) is 14.9 Å². The summed E-state index contributed by atoms with van der Waals surface area (Å²) in [6, 6.07) is -0.187. The van der Waals surface area contributed by atoms with Crippen molar-refractivity contribution in [3.8, 4) is 0 Å². The molecule has 0 aromatic heterocycles. The molecule has 0 bridgehead atoms. The summed E-state index contributed by atoms with van der Waals surface area (Å²) in [4.78, 5) is 12.6. The highest BCUT2D eigenvalue weighted by Gasteiger charge is 2.31. The van der Waals surface area contributed by atoms with E-state index in [1.54, 1.807) is 6.92 Å². The molecule has 0 aliphatic carbocycles. The SMILES string of the molecule is C=C(C)C(=O)NC(C)CC(C[NH+](C)C)C(C)S(=O)(=O)O.[OH-]. The largest absolute Gasteiger partial charge is 0.870 e. The van der Waals surface area contributed by atoms with Crippen molar-refractivity contribution in [3.63, 3.8) is 0 Å². The molecule has 8 heteroatoms. The molecular formula is C13H28N2O5S. The molecule has 0 aliphatic rings. The number of hydrogen-bond acceptors (Lipinski definition) is 4. The molecule has 126 valence electrons. The van der Waals surface area contributed by atoms with Gasteiger partial charge in [-0.05, 0) is 27.2 Å². The Hall–Kier alpha value is -0.960. The van der Waals surface area contributed by atoms with Crippen LogP contribution in [0.25, 0.3) is 0 Å². The van der Waals surface area contributed by atoms with Crippen LogP contribution in [0.1, 0.15) is 27.2 Å². The summed E-state index contributed by atoms with van der Waals surface area (Å²) < 4.78 is 31.8. The van der Waals surface area contributed by atoms with Gasteiger partial charge in [0.05, 0.1) is 25.9 Å².